The third kappa shape index (κ3) is 4.15. The molecule has 5 nitrogen and oxygen atoms in total. The van der Waals surface area contributed by atoms with Gasteiger partial charge in [0.1, 0.15) is 0 Å². The van der Waals surface area contributed by atoms with E-state index in [2.05, 4.69) is 37.8 Å². The summed E-state index contributed by atoms with van der Waals surface area (Å²) >= 11 is 0. The van der Waals surface area contributed by atoms with Gasteiger partial charge in [-0.1, -0.05) is 0 Å². The second-order valence-corrected chi connectivity index (χ2v) is 7.19. The second kappa shape index (κ2) is 8.19. The molecule has 0 saturated carbocycles. The van der Waals surface area contributed by atoms with Gasteiger partial charge in [-0.2, -0.15) is 0 Å². The summed E-state index contributed by atoms with van der Waals surface area (Å²) < 4.78 is 11.3. The van der Waals surface area contributed by atoms with Gasteiger partial charge in [0.25, 0.3) is 5.91 Å². The molecule has 2 fully saturated rings. The fourth-order valence-corrected chi connectivity index (χ4v) is 3.89. The first-order chi connectivity index (χ1) is 12.1. The summed E-state index contributed by atoms with van der Waals surface area (Å²) in [4.78, 5) is 17.1. The third-order valence-electron chi connectivity index (χ3n) is 5.19. The molecule has 0 aromatic heterocycles. The molecule has 3 rings (SSSR count). The number of hydrogen-bond donors (Lipinski definition) is 0. The van der Waals surface area contributed by atoms with Crippen LogP contribution in [0.25, 0.3) is 0 Å². The molecule has 1 atom stereocenters. The van der Waals surface area contributed by atoms with Crippen LogP contribution in [0.5, 0.6) is 0 Å². The van der Waals surface area contributed by atoms with E-state index in [4.69, 9.17) is 9.47 Å². The predicted octanol–water partition coefficient (Wildman–Crippen LogP) is 3.15. The Labute approximate surface area is 150 Å². The smallest absolute Gasteiger partial charge is 0.253 e. The van der Waals surface area contributed by atoms with Crippen molar-refractivity contribution in [1.82, 2.24) is 4.90 Å². The number of carbonyl (C=O) groups is 1. The lowest BCUT2D eigenvalue weighted by Crippen LogP contribution is -2.43. The Bertz CT molecular complexity index is 567. The van der Waals surface area contributed by atoms with E-state index in [1.54, 1.807) is 0 Å². The minimum absolute atomic E-state index is 0.113. The van der Waals surface area contributed by atoms with Crippen molar-refractivity contribution in [3.63, 3.8) is 0 Å². The first-order valence-electron chi connectivity index (χ1n) is 9.49. The summed E-state index contributed by atoms with van der Waals surface area (Å²) in [6, 6.07) is 8.47. The van der Waals surface area contributed by atoms with Gasteiger partial charge in [-0.05, 0) is 57.9 Å². The Morgan fingerprint density at radius 3 is 2.52 bits per heavy atom. The predicted molar refractivity (Wildman–Crippen MR) is 98.9 cm³/mol. The highest BCUT2D eigenvalue weighted by Gasteiger charge is 2.33. The maximum absolute atomic E-state index is 12.9. The van der Waals surface area contributed by atoms with Crippen molar-refractivity contribution in [2.24, 2.45) is 5.92 Å². The maximum Gasteiger partial charge on any atom is 0.253 e. The Kier molecular flexibility index (Phi) is 5.97. The lowest BCUT2D eigenvalue weighted by Gasteiger charge is -2.35. The zero-order chi connectivity index (χ0) is 17.8. The van der Waals surface area contributed by atoms with Crippen LogP contribution < -0.4 is 4.90 Å². The van der Waals surface area contributed by atoms with Crippen molar-refractivity contribution >= 4 is 11.6 Å². The zero-order valence-electron chi connectivity index (χ0n) is 15.6. The van der Waals surface area contributed by atoms with Crippen LogP contribution in [0.15, 0.2) is 24.3 Å². The molecule has 2 saturated heterocycles. The quantitative estimate of drug-likeness (QED) is 0.821. The molecule has 5 heteroatoms. The number of likely N-dealkylation sites (tertiary alicyclic amines) is 1. The minimum Gasteiger partial charge on any atom is -0.369 e. The molecule has 0 bridgehead atoms. The molecule has 0 spiro atoms. The highest BCUT2D eigenvalue weighted by Crippen LogP contribution is 2.26. The van der Waals surface area contributed by atoms with E-state index in [1.165, 1.54) is 5.69 Å². The number of hydrogen-bond acceptors (Lipinski definition) is 4. The normalized spacial score (nSPS) is 21.8. The van der Waals surface area contributed by atoms with Crippen LogP contribution >= 0.6 is 0 Å². The fourth-order valence-electron chi connectivity index (χ4n) is 3.89. The average Bonchev–Trinajstić information content (AvgIpc) is 3.17. The van der Waals surface area contributed by atoms with Crippen molar-refractivity contribution in [1.29, 1.82) is 0 Å². The van der Waals surface area contributed by atoms with Gasteiger partial charge in [-0.25, -0.2) is 0 Å². The van der Waals surface area contributed by atoms with Crippen molar-refractivity contribution in [3.05, 3.63) is 29.8 Å². The Morgan fingerprint density at radius 2 is 1.92 bits per heavy atom. The summed E-state index contributed by atoms with van der Waals surface area (Å²) in [6.45, 7) is 10.4. The molecule has 25 heavy (non-hydrogen) atoms. The van der Waals surface area contributed by atoms with Gasteiger partial charge in [0.2, 0.25) is 0 Å². The van der Waals surface area contributed by atoms with Gasteiger partial charge in [0, 0.05) is 42.8 Å². The van der Waals surface area contributed by atoms with Crippen LogP contribution in [0.2, 0.25) is 0 Å². The van der Waals surface area contributed by atoms with E-state index >= 15 is 0 Å². The second-order valence-electron chi connectivity index (χ2n) is 7.19. The fraction of sp³-hybridized carbons (Fsp3) is 0.650. The lowest BCUT2D eigenvalue weighted by atomic mass is 9.96. The highest BCUT2D eigenvalue weighted by molar-refractivity contribution is 5.94. The van der Waals surface area contributed by atoms with Gasteiger partial charge in [0.05, 0.1) is 13.2 Å². The highest BCUT2D eigenvalue weighted by atomic mass is 16.7. The van der Waals surface area contributed by atoms with Crippen LogP contribution in [-0.4, -0.2) is 56.0 Å². The lowest BCUT2D eigenvalue weighted by molar-refractivity contribution is -0.0969. The molecule has 2 aliphatic heterocycles. The summed E-state index contributed by atoms with van der Waals surface area (Å²) in [7, 11) is 0. The first kappa shape index (κ1) is 18.2. The molecule has 2 heterocycles. The molecular formula is C20H30N2O3. The number of benzene rings is 1. The Hall–Kier alpha value is -1.59. The molecule has 1 aromatic rings. The summed E-state index contributed by atoms with van der Waals surface area (Å²) in [5, 5.41) is 0. The summed E-state index contributed by atoms with van der Waals surface area (Å²) in [5.74, 6) is 0.401. The molecule has 0 aliphatic carbocycles. The zero-order valence-corrected chi connectivity index (χ0v) is 15.6. The van der Waals surface area contributed by atoms with E-state index in [1.807, 2.05) is 17.0 Å². The van der Waals surface area contributed by atoms with E-state index in [0.29, 0.717) is 19.3 Å². The van der Waals surface area contributed by atoms with Crippen LogP contribution in [0, 0.1) is 5.92 Å². The third-order valence-corrected chi connectivity index (χ3v) is 5.19. The number of anilines is 1. The van der Waals surface area contributed by atoms with E-state index in [-0.39, 0.29) is 18.1 Å². The monoisotopic (exact) mass is 346 g/mol. The van der Waals surface area contributed by atoms with Crippen molar-refractivity contribution in [3.8, 4) is 0 Å². The summed E-state index contributed by atoms with van der Waals surface area (Å²) in [5.41, 5.74) is 1.93. The largest absolute Gasteiger partial charge is 0.369 e. The van der Waals surface area contributed by atoms with Crippen LogP contribution in [0.4, 0.5) is 5.69 Å². The van der Waals surface area contributed by atoms with E-state index < -0.39 is 0 Å². The average molecular weight is 346 g/mol. The number of rotatable bonds is 5. The molecule has 0 radical (unpaired) electrons. The number of piperidine rings is 1. The number of carbonyl (C=O) groups excluding carboxylic acids is 1. The molecule has 1 aromatic carbocycles. The summed E-state index contributed by atoms with van der Waals surface area (Å²) in [6.07, 6.45) is 1.93. The van der Waals surface area contributed by atoms with E-state index in [0.717, 1.165) is 38.0 Å². The standard InChI is InChI=1S/C20H30N2O3/c1-4-22(15(2)3)18-9-7-16(8-10-18)19(23)21-11-5-6-17(14-21)20-24-12-13-25-20/h7-10,15,17,20H,4-6,11-14H2,1-3H3. The van der Waals surface area contributed by atoms with Gasteiger partial charge in [0.15, 0.2) is 6.29 Å². The van der Waals surface area contributed by atoms with Crippen LogP contribution in [0.1, 0.15) is 44.0 Å². The Balaban J connectivity index is 1.65. The molecular weight excluding hydrogens is 316 g/mol. The van der Waals surface area contributed by atoms with Gasteiger partial charge in [-0.15, -0.1) is 0 Å². The van der Waals surface area contributed by atoms with Crippen molar-refractivity contribution < 1.29 is 14.3 Å². The minimum atomic E-state index is -0.137. The van der Waals surface area contributed by atoms with Gasteiger partial charge in [-0.3, -0.25) is 4.79 Å². The molecule has 2 aliphatic rings. The SMILES string of the molecule is CCN(c1ccc(C(=O)N2CCCC(C3OCCO3)C2)cc1)C(C)C. The molecule has 0 N–H and O–H groups in total. The Morgan fingerprint density at radius 1 is 1.24 bits per heavy atom. The van der Waals surface area contributed by atoms with Gasteiger partial charge < -0.3 is 19.3 Å². The van der Waals surface area contributed by atoms with Crippen LogP contribution in [0.3, 0.4) is 0 Å². The first-order valence-corrected chi connectivity index (χ1v) is 9.49. The molecule has 1 amide bonds. The number of nitrogens with zero attached hydrogens (tertiary/aromatic N) is 2. The maximum atomic E-state index is 12.9. The van der Waals surface area contributed by atoms with Crippen LogP contribution in [-0.2, 0) is 9.47 Å². The van der Waals surface area contributed by atoms with Crippen molar-refractivity contribution in [2.75, 3.05) is 37.7 Å². The molecule has 138 valence electrons. The van der Waals surface area contributed by atoms with Crippen molar-refractivity contribution in [2.45, 2.75) is 45.9 Å². The molecule has 1 unspecified atom stereocenters. The van der Waals surface area contributed by atoms with Gasteiger partial charge >= 0.3 is 0 Å². The topological polar surface area (TPSA) is 42.0 Å². The van der Waals surface area contributed by atoms with E-state index in [9.17, 15) is 4.79 Å². The number of amides is 1. The number of ether oxygens (including phenoxy) is 2.